The van der Waals surface area contributed by atoms with E-state index in [1.807, 2.05) is 6.07 Å². The molecule has 0 radical (unpaired) electrons. The van der Waals surface area contributed by atoms with Crippen LogP contribution in [0.5, 0.6) is 0 Å². The van der Waals surface area contributed by atoms with Gasteiger partial charge in [-0.05, 0) is 52.9 Å². The summed E-state index contributed by atoms with van der Waals surface area (Å²) in [5.41, 5.74) is 1.01. The van der Waals surface area contributed by atoms with Crippen molar-refractivity contribution >= 4 is 27.6 Å². The van der Waals surface area contributed by atoms with E-state index in [1.54, 1.807) is 12.1 Å². The third-order valence-corrected chi connectivity index (χ3v) is 5.35. The van der Waals surface area contributed by atoms with Crippen LogP contribution in [0.1, 0.15) is 24.8 Å². The van der Waals surface area contributed by atoms with Gasteiger partial charge in [-0.3, -0.25) is 4.79 Å². The molecule has 3 rings (SSSR count). The van der Waals surface area contributed by atoms with Crippen molar-refractivity contribution in [1.29, 1.82) is 5.26 Å². The summed E-state index contributed by atoms with van der Waals surface area (Å²) >= 11 is 3.49. The van der Waals surface area contributed by atoms with Gasteiger partial charge in [0.15, 0.2) is 0 Å². The number of hydrogen-bond donors (Lipinski definition) is 1. The van der Waals surface area contributed by atoms with Gasteiger partial charge in [0, 0.05) is 17.6 Å². The Morgan fingerprint density at radius 2 is 2.35 bits per heavy atom. The first kappa shape index (κ1) is 13.4. The van der Waals surface area contributed by atoms with Crippen LogP contribution in [-0.4, -0.2) is 24.2 Å². The Hall–Kier alpha value is -1.54. The molecular formula is C15H15BrN2O2. The third kappa shape index (κ3) is 1.90. The molecule has 104 valence electrons. The number of benzene rings is 1. The molecule has 4 nitrogen and oxygen atoms in total. The zero-order valence-corrected chi connectivity index (χ0v) is 12.6. The number of aliphatic carboxylic acids is 1. The minimum Gasteiger partial charge on any atom is -0.481 e. The lowest BCUT2D eigenvalue weighted by molar-refractivity contribution is -0.149. The lowest BCUT2D eigenvalue weighted by Gasteiger charge is -2.24. The maximum atomic E-state index is 11.7. The van der Waals surface area contributed by atoms with Crippen LogP contribution in [0.3, 0.4) is 0 Å². The van der Waals surface area contributed by atoms with E-state index in [1.165, 1.54) is 0 Å². The van der Waals surface area contributed by atoms with Gasteiger partial charge in [-0.2, -0.15) is 5.26 Å². The van der Waals surface area contributed by atoms with Crippen molar-refractivity contribution in [2.45, 2.75) is 19.3 Å². The fourth-order valence-electron chi connectivity index (χ4n) is 3.66. The summed E-state index contributed by atoms with van der Waals surface area (Å²) in [6.45, 7) is 1.36. The van der Waals surface area contributed by atoms with Gasteiger partial charge in [-0.15, -0.1) is 0 Å². The Balaban J connectivity index is 1.91. The van der Waals surface area contributed by atoms with Crippen molar-refractivity contribution in [2.24, 2.45) is 11.3 Å². The second kappa shape index (κ2) is 4.78. The first-order valence-corrected chi connectivity index (χ1v) is 7.54. The second-order valence-electron chi connectivity index (χ2n) is 5.71. The largest absolute Gasteiger partial charge is 0.481 e. The quantitative estimate of drug-likeness (QED) is 0.902. The molecule has 0 aromatic heterocycles. The van der Waals surface area contributed by atoms with Gasteiger partial charge < -0.3 is 10.0 Å². The highest BCUT2D eigenvalue weighted by molar-refractivity contribution is 9.10. The van der Waals surface area contributed by atoms with Gasteiger partial charge in [-0.25, -0.2) is 0 Å². The topological polar surface area (TPSA) is 64.3 Å². The predicted molar refractivity (Wildman–Crippen MR) is 78.5 cm³/mol. The van der Waals surface area contributed by atoms with E-state index in [0.717, 1.165) is 36.0 Å². The van der Waals surface area contributed by atoms with Crippen LogP contribution in [0.15, 0.2) is 22.7 Å². The molecule has 1 aromatic carbocycles. The van der Waals surface area contributed by atoms with E-state index >= 15 is 0 Å². The number of carboxylic acids is 1. The number of carboxylic acid groups (broad SMARTS) is 1. The third-order valence-electron chi connectivity index (χ3n) is 4.71. The summed E-state index contributed by atoms with van der Waals surface area (Å²) in [6.07, 6.45) is 2.79. The van der Waals surface area contributed by atoms with Crippen LogP contribution < -0.4 is 4.90 Å². The van der Waals surface area contributed by atoms with Crippen molar-refractivity contribution in [3.63, 3.8) is 0 Å². The normalized spacial score (nSPS) is 28.2. The van der Waals surface area contributed by atoms with E-state index in [-0.39, 0.29) is 5.92 Å². The molecule has 5 heteroatoms. The first-order valence-electron chi connectivity index (χ1n) is 6.75. The fourth-order valence-corrected chi connectivity index (χ4v) is 4.28. The second-order valence-corrected chi connectivity index (χ2v) is 6.56. The van der Waals surface area contributed by atoms with Crippen LogP contribution >= 0.6 is 15.9 Å². The summed E-state index contributed by atoms with van der Waals surface area (Å²) in [4.78, 5) is 13.8. The summed E-state index contributed by atoms with van der Waals surface area (Å²) in [6, 6.07) is 7.58. The maximum Gasteiger partial charge on any atom is 0.311 e. The number of rotatable bonds is 2. The number of halogens is 1. The molecule has 2 aliphatic rings. The van der Waals surface area contributed by atoms with Crippen LogP contribution in [-0.2, 0) is 4.79 Å². The number of carbonyl (C=O) groups is 1. The highest BCUT2D eigenvalue weighted by Gasteiger charge is 2.55. The van der Waals surface area contributed by atoms with Gasteiger partial charge in [0.1, 0.15) is 0 Å². The van der Waals surface area contributed by atoms with Crippen molar-refractivity contribution in [2.75, 3.05) is 18.0 Å². The van der Waals surface area contributed by atoms with Crippen LogP contribution in [0, 0.1) is 22.7 Å². The first-order chi connectivity index (χ1) is 9.56. The van der Waals surface area contributed by atoms with Gasteiger partial charge >= 0.3 is 5.97 Å². The molecule has 1 aromatic rings. The SMILES string of the molecule is N#Cc1ccc(N2C[C@@H]3CCC[C@@]3(C(=O)O)C2)c(Br)c1. The molecule has 1 aliphatic heterocycles. The van der Waals surface area contributed by atoms with Crippen LogP contribution in [0.25, 0.3) is 0 Å². The molecular weight excluding hydrogens is 320 g/mol. The van der Waals surface area contributed by atoms with E-state index in [0.29, 0.717) is 12.1 Å². The number of hydrogen-bond acceptors (Lipinski definition) is 3. The standard InChI is InChI=1S/C15H15BrN2O2/c16-12-6-10(7-17)3-4-13(12)18-8-11-2-1-5-15(11,9-18)14(19)20/h3-4,6,11H,1-2,5,8-9H2,(H,19,20)/t11-,15+/m0/s1. The van der Waals surface area contributed by atoms with Crippen molar-refractivity contribution in [3.8, 4) is 6.07 Å². The van der Waals surface area contributed by atoms with E-state index in [4.69, 9.17) is 5.26 Å². The van der Waals surface area contributed by atoms with Crippen LogP contribution in [0.2, 0.25) is 0 Å². The Labute approximate surface area is 126 Å². The fraction of sp³-hybridized carbons (Fsp3) is 0.467. The van der Waals surface area contributed by atoms with Gasteiger partial charge in [0.2, 0.25) is 0 Å². The lowest BCUT2D eigenvalue weighted by Crippen LogP contribution is -2.35. The lowest BCUT2D eigenvalue weighted by atomic mass is 9.81. The average molecular weight is 335 g/mol. The molecule has 1 N–H and O–H groups in total. The maximum absolute atomic E-state index is 11.7. The number of fused-ring (bicyclic) bond motifs is 1. The van der Waals surface area contributed by atoms with Crippen molar-refractivity contribution < 1.29 is 9.90 Å². The molecule has 0 unspecified atom stereocenters. The zero-order valence-electron chi connectivity index (χ0n) is 11.0. The summed E-state index contributed by atoms with van der Waals surface area (Å²) in [5, 5.41) is 18.5. The van der Waals surface area contributed by atoms with Gasteiger partial charge in [-0.1, -0.05) is 6.42 Å². The molecule has 1 saturated carbocycles. The average Bonchev–Trinajstić information content (AvgIpc) is 2.96. The molecule has 0 bridgehead atoms. The minimum atomic E-state index is -0.660. The predicted octanol–water partition coefficient (Wildman–Crippen LogP) is 3.01. The Kier molecular flexibility index (Phi) is 3.21. The smallest absolute Gasteiger partial charge is 0.311 e. The summed E-state index contributed by atoms with van der Waals surface area (Å²) in [7, 11) is 0. The van der Waals surface area contributed by atoms with E-state index in [2.05, 4.69) is 26.9 Å². The number of nitrogens with zero attached hydrogens (tertiary/aromatic N) is 2. The number of nitriles is 1. The van der Waals surface area contributed by atoms with Gasteiger partial charge in [0.05, 0.1) is 22.7 Å². The molecule has 1 saturated heterocycles. The Morgan fingerprint density at radius 1 is 1.55 bits per heavy atom. The van der Waals surface area contributed by atoms with E-state index in [9.17, 15) is 9.90 Å². The molecule has 1 heterocycles. The highest BCUT2D eigenvalue weighted by Crippen LogP contribution is 2.50. The van der Waals surface area contributed by atoms with Crippen molar-refractivity contribution in [3.05, 3.63) is 28.2 Å². The summed E-state index contributed by atoms with van der Waals surface area (Å²) in [5.74, 6) is -0.421. The molecule has 20 heavy (non-hydrogen) atoms. The molecule has 0 spiro atoms. The molecule has 1 aliphatic carbocycles. The number of anilines is 1. The molecule has 0 amide bonds. The Bertz CT molecular complexity index is 610. The van der Waals surface area contributed by atoms with Gasteiger partial charge in [0.25, 0.3) is 0 Å². The minimum absolute atomic E-state index is 0.238. The van der Waals surface area contributed by atoms with Crippen molar-refractivity contribution in [1.82, 2.24) is 0 Å². The summed E-state index contributed by atoms with van der Waals surface area (Å²) < 4.78 is 0.858. The van der Waals surface area contributed by atoms with E-state index < -0.39 is 11.4 Å². The molecule has 2 fully saturated rings. The molecule has 2 atom stereocenters. The monoisotopic (exact) mass is 334 g/mol. The Morgan fingerprint density at radius 3 is 2.95 bits per heavy atom. The van der Waals surface area contributed by atoms with Crippen LogP contribution in [0.4, 0.5) is 5.69 Å². The highest BCUT2D eigenvalue weighted by atomic mass is 79.9. The zero-order chi connectivity index (χ0) is 14.3.